The third kappa shape index (κ3) is 2.57. The molecule has 0 amide bonds. The van der Waals surface area contributed by atoms with Crippen LogP contribution in [0.5, 0.6) is 0 Å². The average molecular weight is 293 g/mol. The summed E-state index contributed by atoms with van der Waals surface area (Å²) in [4.78, 5) is 23.3. The van der Waals surface area contributed by atoms with E-state index in [9.17, 15) is 14.9 Å². The van der Waals surface area contributed by atoms with Gasteiger partial charge in [0.05, 0.1) is 11.5 Å². The van der Waals surface area contributed by atoms with Crippen LogP contribution in [-0.2, 0) is 6.54 Å². The zero-order chi connectivity index (χ0) is 14.9. The van der Waals surface area contributed by atoms with Crippen molar-refractivity contribution in [3.8, 4) is 0 Å². The molecule has 0 saturated heterocycles. The minimum absolute atomic E-state index is 0.0247. The van der Waals surface area contributed by atoms with Crippen molar-refractivity contribution < 1.29 is 4.92 Å². The van der Waals surface area contributed by atoms with E-state index in [1.165, 1.54) is 23.5 Å². The number of non-ortho nitro benzene ring substituents is 1. The largest absolute Gasteiger partial charge is 0.388 e. The highest BCUT2D eigenvalue weighted by atomic mass is 32.1. The number of rotatable bonds is 4. The van der Waals surface area contributed by atoms with Crippen LogP contribution in [0.1, 0.15) is 16.1 Å². The second-order valence-corrected chi connectivity index (χ2v) is 5.61. The van der Waals surface area contributed by atoms with E-state index in [1.807, 2.05) is 13.8 Å². The zero-order valence-electron chi connectivity index (χ0n) is 11.5. The predicted molar refractivity (Wildman–Crippen MR) is 79.8 cm³/mol. The van der Waals surface area contributed by atoms with Gasteiger partial charge in [-0.05, 0) is 19.9 Å². The van der Waals surface area contributed by atoms with Crippen LogP contribution in [-0.4, -0.2) is 16.5 Å². The fraction of sp³-hybridized carbons (Fsp3) is 0.308. The topological polar surface area (TPSA) is 77.2 Å². The van der Waals surface area contributed by atoms with Gasteiger partial charge in [-0.2, -0.15) is 0 Å². The maximum atomic E-state index is 11.9. The van der Waals surface area contributed by atoms with Crippen LogP contribution < -0.4 is 10.2 Å². The number of nitro groups is 1. The van der Waals surface area contributed by atoms with Gasteiger partial charge in [0, 0.05) is 41.0 Å². The Balaban J connectivity index is 2.49. The number of anilines is 1. The summed E-state index contributed by atoms with van der Waals surface area (Å²) in [7, 11) is 1.75. The molecule has 0 atom stereocenters. The summed E-state index contributed by atoms with van der Waals surface area (Å²) in [5.41, 5.74) is 2.43. The number of hydrogen-bond donors (Lipinski definition) is 1. The Morgan fingerprint density at radius 3 is 2.60 bits per heavy atom. The second kappa shape index (κ2) is 5.46. The molecule has 20 heavy (non-hydrogen) atoms. The van der Waals surface area contributed by atoms with Gasteiger partial charge in [-0.3, -0.25) is 19.5 Å². The summed E-state index contributed by atoms with van der Waals surface area (Å²) in [6, 6.07) is 4.61. The van der Waals surface area contributed by atoms with Crippen LogP contribution in [0.3, 0.4) is 0 Å². The van der Waals surface area contributed by atoms with Crippen molar-refractivity contribution in [3.63, 3.8) is 0 Å². The lowest BCUT2D eigenvalue weighted by Crippen LogP contribution is -2.16. The molecule has 0 aliphatic heterocycles. The van der Waals surface area contributed by atoms with Gasteiger partial charge in [-0.1, -0.05) is 11.3 Å². The van der Waals surface area contributed by atoms with Gasteiger partial charge in [0.25, 0.3) is 5.69 Å². The van der Waals surface area contributed by atoms with Crippen LogP contribution in [0.15, 0.2) is 23.0 Å². The SMILES string of the molecule is CNc1ccc([N+](=O)[O-])cc1Cn1c(C)c(C)sc1=O. The first kappa shape index (κ1) is 14.3. The Bertz CT molecular complexity index is 718. The molecule has 7 heteroatoms. The van der Waals surface area contributed by atoms with Crippen molar-refractivity contribution in [2.45, 2.75) is 20.4 Å². The zero-order valence-corrected chi connectivity index (χ0v) is 12.3. The summed E-state index contributed by atoms with van der Waals surface area (Å²) in [6.07, 6.45) is 0. The number of aromatic nitrogens is 1. The smallest absolute Gasteiger partial charge is 0.307 e. The minimum Gasteiger partial charge on any atom is -0.388 e. The van der Waals surface area contributed by atoms with Gasteiger partial charge in [-0.25, -0.2) is 0 Å². The summed E-state index contributed by atoms with van der Waals surface area (Å²) in [6.45, 7) is 4.10. The van der Waals surface area contributed by atoms with E-state index in [4.69, 9.17) is 0 Å². The van der Waals surface area contributed by atoms with Gasteiger partial charge >= 0.3 is 4.87 Å². The second-order valence-electron chi connectivity index (χ2n) is 4.44. The lowest BCUT2D eigenvalue weighted by atomic mass is 10.1. The van der Waals surface area contributed by atoms with Crippen LogP contribution in [0, 0.1) is 24.0 Å². The molecule has 6 nitrogen and oxygen atoms in total. The molecule has 0 fully saturated rings. The molecule has 0 radical (unpaired) electrons. The number of nitrogens with one attached hydrogen (secondary N) is 1. The maximum absolute atomic E-state index is 11.9. The third-order valence-corrected chi connectivity index (χ3v) is 4.27. The van der Waals surface area contributed by atoms with Crippen LogP contribution in [0.2, 0.25) is 0 Å². The molecular formula is C13H15N3O3S. The number of nitrogens with zero attached hydrogens (tertiary/aromatic N) is 2. The molecule has 1 N–H and O–H groups in total. The molecule has 0 bridgehead atoms. The standard InChI is InChI=1S/C13H15N3O3S/c1-8-9(2)20-13(17)15(8)7-10-6-11(16(18)19)4-5-12(10)14-3/h4-6,14H,7H2,1-3H3. The first-order valence-electron chi connectivity index (χ1n) is 6.06. The lowest BCUT2D eigenvalue weighted by Gasteiger charge is -2.10. The van der Waals surface area contributed by atoms with Gasteiger partial charge in [-0.15, -0.1) is 0 Å². The molecule has 0 saturated carbocycles. The summed E-state index contributed by atoms with van der Waals surface area (Å²) in [5, 5.41) is 13.9. The van der Waals surface area contributed by atoms with E-state index in [0.29, 0.717) is 6.54 Å². The Morgan fingerprint density at radius 2 is 2.10 bits per heavy atom. The fourth-order valence-corrected chi connectivity index (χ4v) is 2.84. The number of nitro benzene ring substituents is 1. The van der Waals surface area contributed by atoms with E-state index in [0.717, 1.165) is 21.8 Å². The monoisotopic (exact) mass is 293 g/mol. The summed E-state index contributed by atoms with van der Waals surface area (Å²) in [5.74, 6) is 0. The lowest BCUT2D eigenvalue weighted by molar-refractivity contribution is -0.384. The van der Waals surface area contributed by atoms with E-state index in [-0.39, 0.29) is 10.6 Å². The summed E-state index contributed by atoms with van der Waals surface area (Å²) < 4.78 is 1.64. The van der Waals surface area contributed by atoms with Gasteiger partial charge in [0.1, 0.15) is 0 Å². The predicted octanol–water partition coefficient (Wildman–Crippen LogP) is 2.52. The Kier molecular flexibility index (Phi) is 3.89. The van der Waals surface area contributed by atoms with Crippen LogP contribution in [0.4, 0.5) is 11.4 Å². The third-order valence-electron chi connectivity index (χ3n) is 3.27. The highest BCUT2D eigenvalue weighted by molar-refractivity contribution is 7.09. The van der Waals surface area contributed by atoms with Crippen molar-refractivity contribution >= 4 is 22.7 Å². The van der Waals surface area contributed by atoms with Gasteiger partial charge in [0.2, 0.25) is 0 Å². The molecule has 106 valence electrons. The number of aryl methyl sites for hydroxylation is 1. The molecule has 2 aromatic rings. The van der Waals surface area contributed by atoms with E-state index < -0.39 is 4.92 Å². The van der Waals surface area contributed by atoms with Crippen LogP contribution >= 0.6 is 11.3 Å². The molecule has 0 aliphatic carbocycles. The molecular weight excluding hydrogens is 278 g/mol. The number of hydrogen-bond acceptors (Lipinski definition) is 5. The van der Waals surface area contributed by atoms with E-state index in [2.05, 4.69) is 5.32 Å². The van der Waals surface area contributed by atoms with E-state index in [1.54, 1.807) is 17.7 Å². The number of thiazole rings is 1. The van der Waals surface area contributed by atoms with Gasteiger partial charge in [0.15, 0.2) is 0 Å². The van der Waals surface area contributed by atoms with E-state index >= 15 is 0 Å². The molecule has 1 aromatic heterocycles. The van der Waals surface area contributed by atoms with Crippen molar-refractivity contribution in [1.29, 1.82) is 0 Å². The van der Waals surface area contributed by atoms with Gasteiger partial charge < -0.3 is 5.32 Å². The van der Waals surface area contributed by atoms with Crippen LogP contribution in [0.25, 0.3) is 0 Å². The normalized spacial score (nSPS) is 10.6. The molecule has 1 aromatic carbocycles. The first-order chi connectivity index (χ1) is 9.43. The Labute approximate surface area is 119 Å². The van der Waals surface area contributed by atoms with Crippen molar-refractivity contribution in [2.75, 3.05) is 12.4 Å². The number of benzene rings is 1. The molecule has 1 heterocycles. The highest BCUT2D eigenvalue weighted by Gasteiger charge is 2.13. The highest BCUT2D eigenvalue weighted by Crippen LogP contribution is 2.23. The maximum Gasteiger partial charge on any atom is 0.307 e. The molecule has 0 unspecified atom stereocenters. The molecule has 0 aliphatic rings. The quantitative estimate of drug-likeness (QED) is 0.694. The fourth-order valence-electron chi connectivity index (χ4n) is 2.01. The minimum atomic E-state index is -0.433. The van der Waals surface area contributed by atoms with Crippen molar-refractivity contribution in [1.82, 2.24) is 4.57 Å². The molecule has 0 spiro atoms. The first-order valence-corrected chi connectivity index (χ1v) is 6.87. The Morgan fingerprint density at radius 1 is 1.40 bits per heavy atom. The summed E-state index contributed by atoms with van der Waals surface area (Å²) >= 11 is 1.19. The Hall–Kier alpha value is -2.15. The van der Waals surface area contributed by atoms with Crippen molar-refractivity contribution in [2.24, 2.45) is 0 Å². The average Bonchev–Trinajstić information content (AvgIpc) is 2.65. The molecule has 2 rings (SSSR count). The van der Waals surface area contributed by atoms with Crippen molar-refractivity contribution in [3.05, 3.63) is 54.1 Å².